The molecule has 0 fully saturated rings. The molecule has 0 aliphatic rings. The van der Waals surface area contributed by atoms with Crippen molar-refractivity contribution in [2.75, 3.05) is 6.61 Å². The third-order valence-electron chi connectivity index (χ3n) is 3.64. The molecule has 0 heterocycles. The van der Waals surface area contributed by atoms with Crippen molar-refractivity contribution in [2.24, 2.45) is 0 Å². The van der Waals surface area contributed by atoms with Crippen LogP contribution in [0.2, 0.25) is 0 Å². The summed E-state index contributed by atoms with van der Waals surface area (Å²) in [7, 11) is 0. The van der Waals surface area contributed by atoms with E-state index in [0.29, 0.717) is 0 Å². The van der Waals surface area contributed by atoms with Gasteiger partial charge in [0.2, 0.25) is 5.91 Å². The molecule has 0 bridgehead atoms. The normalized spacial score (nSPS) is 14.7. The molecule has 2 unspecified atom stereocenters. The van der Waals surface area contributed by atoms with Crippen LogP contribution >= 0.6 is 0 Å². The second-order valence-corrected chi connectivity index (χ2v) is 6.00. The molecule has 3 N–H and O–H groups in total. The van der Waals surface area contributed by atoms with E-state index in [9.17, 15) is 9.90 Å². The number of unbranched alkanes of at least 4 members (excludes halogenated alkanes) is 5. The Balaban J connectivity index is 3.71. The summed E-state index contributed by atoms with van der Waals surface area (Å²) in [5.74, 6) is -0.260. The summed E-state index contributed by atoms with van der Waals surface area (Å²) in [5.41, 5.74) is 0. The van der Waals surface area contributed by atoms with Gasteiger partial charge in [-0.05, 0) is 38.5 Å². The molecule has 24 heavy (non-hydrogen) atoms. The number of carbonyl (C=O) groups excluding carboxylic acids is 1. The van der Waals surface area contributed by atoms with Gasteiger partial charge in [-0.3, -0.25) is 4.79 Å². The summed E-state index contributed by atoms with van der Waals surface area (Å²) in [6.07, 6.45) is 20.5. The van der Waals surface area contributed by atoms with Crippen molar-refractivity contribution in [3.8, 4) is 0 Å². The molecule has 0 radical (unpaired) electrons. The van der Waals surface area contributed by atoms with Crippen molar-refractivity contribution < 1.29 is 15.0 Å². The third kappa shape index (κ3) is 14.2. The van der Waals surface area contributed by atoms with E-state index in [4.69, 9.17) is 5.11 Å². The van der Waals surface area contributed by atoms with Crippen LogP contribution in [0.15, 0.2) is 36.5 Å². The van der Waals surface area contributed by atoms with Gasteiger partial charge in [-0.2, -0.15) is 0 Å². The predicted molar refractivity (Wildman–Crippen MR) is 101 cm³/mol. The molecule has 138 valence electrons. The fourth-order valence-corrected chi connectivity index (χ4v) is 2.24. The van der Waals surface area contributed by atoms with Crippen molar-refractivity contribution in [3.05, 3.63) is 36.5 Å². The highest BCUT2D eigenvalue weighted by Crippen LogP contribution is 2.03. The van der Waals surface area contributed by atoms with Crippen molar-refractivity contribution in [1.82, 2.24) is 5.32 Å². The summed E-state index contributed by atoms with van der Waals surface area (Å²) >= 11 is 0. The second-order valence-electron chi connectivity index (χ2n) is 6.00. The van der Waals surface area contributed by atoms with Gasteiger partial charge >= 0.3 is 0 Å². The molecule has 4 heteroatoms. The van der Waals surface area contributed by atoms with Gasteiger partial charge in [0.25, 0.3) is 0 Å². The number of amides is 1. The third-order valence-corrected chi connectivity index (χ3v) is 3.64. The fraction of sp³-hybridized carbons (Fsp3) is 0.650. The van der Waals surface area contributed by atoms with E-state index in [1.54, 1.807) is 6.08 Å². The van der Waals surface area contributed by atoms with Crippen molar-refractivity contribution in [2.45, 2.75) is 77.4 Å². The molecule has 0 saturated heterocycles. The van der Waals surface area contributed by atoms with Crippen LogP contribution in [0.25, 0.3) is 0 Å². The van der Waals surface area contributed by atoms with E-state index in [0.717, 1.165) is 25.7 Å². The van der Waals surface area contributed by atoms with Gasteiger partial charge in [-0.1, -0.05) is 56.2 Å². The number of carbonyl (C=O) groups is 1. The Morgan fingerprint density at radius 2 is 1.50 bits per heavy atom. The van der Waals surface area contributed by atoms with Crippen LogP contribution in [0.5, 0.6) is 0 Å². The second kappa shape index (κ2) is 16.5. The number of rotatable bonds is 14. The SMILES string of the molecule is CCCCC/C=C/CC/C=C/CC/C=C/C(O)C(CO)NC(C)=O. The summed E-state index contributed by atoms with van der Waals surface area (Å²) in [6.45, 7) is 3.31. The number of allylic oxidation sites excluding steroid dienone is 5. The number of hydrogen-bond acceptors (Lipinski definition) is 3. The largest absolute Gasteiger partial charge is 0.394 e. The highest BCUT2D eigenvalue weighted by Gasteiger charge is 2.15. The Morgan fingerprint density at radius 1 is 0.958 bits per heavy atom. The van der Waals surface area contributed by atoms with Crippen molar-refractivity contribution >= 4 is 5.91 Å². The number of hydrogen-bond donors (Lipinski definition) is 3. The zero-order valence-electron chi connectivity index (χ0n) is 15.3. The molecule has 2 atom stereocenters. The monoisotopic (exact) mass is 337 g/mol. The minimum Gasteiger partial charge on any atom is -0.394 e. The molecule has 0 saturated carbocycles. The summed E-state index contributed by atoms with van der Waals surface area (Å²) in [5, 5.41) is 21.5. The summed E-state index contributed by atoms with van der Waals surface area (Å²) < 4.78 is 0. The predicted octanol–water partition coefficient (Wildman–Crippen LogP) is 3.65. The van der Waals surface area contributed by atoms with Crippen LogP contribution in [0.4, 0.5) is 0 Å². The molecule has 0 aliphatic heterocycles. The lowest BCUT2D eigenvalue weighted by atomic mass is 10.1. The average molecular weight is 338 g/mol. The Labute approximate surface area is 147 Å². The maximum atomic E-state index is 10.9. The highest BCUT2D eigenvalue weighted by molar-refractivity contribution is 5.73. The molecule has 1 amide bonds. The standard InChI is InChI=1S/C20H35NO3/c1-3-4-5-6-7-8-9-10-11-12-13-14-15-16-20(24)19(17-22)21-18(2)23/h7-8,11-12,15-16,19-20,22,24H,3-6,9-10,13-14,17H2,1-2H3,(H,21,23)/b8-7+,12-11+,16-15+. The molecular formula is C20H35NO3. The van der Waals surface area contributed by atoms with E-state index in [-0.39, 0.29) is 12.5 Å². The maximum Gasteiger partial charge on any atom is 0.217 e. The lowest BCUT2D eigenvalue weighted by Gasteiger charge is -2.18. The molecule has 0 aliphatic carbocycles. The van der Waals surface area contributed by atoms with E-state index < -0.39 is 12.1 Å². The average Bonchev–Trinajstić information content (AvgIpc) is 2.56. The van der Waals surface area contributed by atoms with Crippen molar-refractivity contribution in [1.29, 1.82) is 0 Å². The summed E-state index contributed by atoms with van der Waals surface area (Å²) in [4.78, 5) is 10.9. The number of aliphatic hydroxyl groups excluding tert-OH is 2. The van der Waals surface area contributed by atoms with Gasteiger partial charge in [0.15, 0.2) is 0 Å². The first-order valence-corrected chi connectivity index (χ1v) is 9.14. The molecule has 0 spiro atoms. The van der Waals surface area contributed by atoms with Gasteiger partial charge in [0.1, 0.15) is 0 Å². The van der Waals surface area contributed by atoms with Crippen LogP contribution in [0.3, 0.4) is 0 Å². The molecular weight excluding hydrogens is 302 g/mol. The van der Waals surface area contributed by atoms with Crippen LogP contribution in [0.1, 0.15) is 65.2 Å². The minimum absolute atomic E-state index is 0.260. The fourth-order valence-electron chi connectivity index (χ4n) is 2.24. The van der Waals surface area contributed by atoms with Gasteiger partial charge < -0.3 is 15.5 Å². The van der Waals surface area contributed by atoms with E-state index in [1.165, 1.54) is 32.6 Å². The zero-order valence-corrected chi connectivity index (χ0v) is 15.3. The number of aliphatic hydroxyl groups is 2. The van der Waals surface area contributed by atoms with Crippen LogP contribution in [-0.4, -0.2) is 34.9 Å². The van der Waals surface area contributed by atoms with Gasteiger partial charge in [0, 0.05) is 6.92 Å². The quantitative estimate of drug-likeness (QED) is 0.335. The Kier molecular flexibility index (Phi) is 15.5. The Morgan fingerprint density at radius 3 is 2.00 bits per heavy atom. The smallest absolute Gasteiger partial charge is 0.217 e. The van der Waals surface area contributed by atoms with E-state index >= 15 is 0 Å². The Bertz CT molecular complexity index is 388. The molecule has 4 nitrogen and oxygen atoms in total. The van der Waals surface area contributed by atoms with Gasteiger partial charge in [-0.25, -0.2) is 0 Å². The molecule has 0 aromatic carbocycles. The van der Waals surface area contributed by atoms with Crippen molar-refractivity contribution in [3.63, 3.8) is 0 Å². The van der Waals surface area contributed by atoms with E-state index in [2.05, 4.69) is 36.5 Å². The molecule has 0 rings (SSSR count). The first kappa shape index (κ1) is 22.6. The lowest BCUT2D eigenvalue weighted by molar-refractivity contribution is -0.120. The number of nitrogens with one attached hydrogen (secondary N) is 1. The lowest BCUT2D eigenvalue weighted by Crippen LogP contribution is -2.44. The van der Waals surface area contributed by atoms with Crippen LogP contribution < -0.4 is 5.32 Å². The highest BCUT2D eigenvalue weighted by atomic mass is 16.3. The first-order valence-electron chi connectivity index (χ1n) is 9.14. The summed E-state index contributed by atoms with van der Waals surface area (Å²) in [6, 6.07) is -0.640. The topological polar surface area (TPSA) is 69.6 Å². The Hall–Kier alpha value is -1.39. The van der Waals surface area contributed by atoms with Gasteiger partial charge in [-0.15, -0.1) is 0 Å². The maximum absolute atomic E-state index is 10.9. The minimum atomic E-state index is -0.860. The van der Waals surface area contributed by atoms with E-state index in [1.807, 2.05) is 6.08 Å². The molecule has 0 aromatic heterocycles. The first-order chi connectivity index (χ1) is 11.6. The van der Waals surface area contributed by atoms with Crippen LogP contribution in [-0.2, 0) is 4.79 Å². The van der Waals surface area contributed by atoms with Gasteiger partial charge in [0.05, 0.1) is 18.8 Å². The molecule has 0 aromatic rings. The zero-order chi connectivity index (χ0) is 18.0. The van der Waals surface area contributed by atoms with Crippen LogP contribution in [0, 0.1) is 0 Å².